The lowest BCUT2D eigenvalue weighted by Gasteiger charge is -2.27. The topological polar surface area (TPSA) is 38.6 Å². The third-order valence-electron chi connectivity index (χ3n) is 4.41. The van der Waals surface area contributed by atoms with Crippen LogP contribution in [-0.4, -0.2) is 34.7 Å². The van der Waals surface area contributed by atoms with E-state index in [0.29, 0.717) is 18.1 Å². The molecule has 1 aliphatic rings. The van der Waals surface area contributed by atoms with Gasteiger partial charge in [-0.3, -0.25) is 4.40 Å². The maximum atomic E-state index is 5.89. The quantitative estimate of drug-likeness (QED) is 0.854. The molecule has 1 aliphatic heterocycles. The van der Waals surface area contributed by atoms with E-state index in [2.05, 4.69) is 41.3 Å². The summed E-state index contributed by atoms with van der Waals surface area (Å²) in [6.45, 7) is 6.43. The summed E-state index contributed by atoms with van der Waals surface area (Å²) in [5.41, 5.74) is 1.19. The van der Waals surface area contributed by atoms with Crippen LogP contribution in [0.5, 0.6) is 0 Å². The molecule has 4 nitrogen and oxygen atoms in total. The van der Waals surface area contributed by atoms with Gasteiger partial charge in [0.25, 0.3) is 0 Å². The molecule has 0 spiro atoms. The van der Waals surface area contributed by atoms with Crippen LogP contribution in [0.3, 0.4) is 0 Å². The SMILES string of the molecule is CCCNC(Cc1cn2ccsc2n1)C1CCOC1CC. The fraction of sp³-hybridized carbons (Fsp3) is 0.688. The summed E-state index contributed by atoms with van der Waals surface area (Å²) < 4.78 is 8.02. The summed E-state index contributed by atoms with van der Waals surface area (Å²) >= 11 is 1.70. The highest BCUT2D eigenvalue weighted by Gasteiger charge is 2.33. The van der Waals surface area contributed by atoms with E-state index in [9.17, 15) is 0 Å². The average Bonchev–Trinajstić information content (AvgIpc) is 3.17. The molecule has 21 heavy (non-hydrogen) atoms. The Kier molecular flexibility index (Phi) is 4.93. The molecule has 0 radical (unpaired) electrons. The van der Waals surface area contributed by atoms with Gasteiger partial charge in [0.2, 0.25) is 0 Å². The zero-order valence-electron chi connectivity index (χ0n) is 12.9. The summed E-state index contributed by atoms with van der Waals surface area (Å²) in [4.78, 5) is 5.84. The number of aromatic nitrogens is 2. The number of imidazole rings is 1. The minimum absolute atomic E-state index is 0.406. The molecule has 0 bridgehead atoms. The number of hydrogen-bond acceptors (Lipinski definition) is 4. The molecule has 0 saturated carbocycles. The number of rotatable bonds is 7. The fourth-order valence-corrected chi connectivity index (χ4v) is 4.07. The lowest BCUT2D eigenvalue weighted by Crippen LogP contribution is -2.42. The molecule has 0 aliphatic carbocycles. The van der Waals surface area contributed by atoms with Crippen LogP contribution in [0.25, 0.3) is 4.96 Å². The third-order valence-corrected chi connectivity index (χ3v) is 5.18. The van der Waals surface area contributed by atoms with Gasteiger partial charge in [0.05, 0.1) is 11.8 Å². The van der Waals surface area contributed by atoms with Crippen LogP contribution >= 0.6 is 11.3 Å². The van der Waals surface area contributed by atoms with Crippen LogP contribution in [0.1, 0.15) is 38.8 Å². The predicted octanol–water partition coefficient (Wildman–Crippen LogP) is 3.12. The zero-order valence-corrected chi connectivity index (χ0v) is 13.7. The maximum Gasteiger partial charge on any atom is 0.193 e. The van der Waals surface area contributed by atoms with Crippen LogP contribution in [0.15, 0.2) is 17.8 Å². The van der Waals surface area contributed by atoms with Gasteiger partial charge in [-0.1, -0.05) is 13.8 Å². The highest BCUT2D eigenvalue weighted by atomic mass is 32.1. The molecular formula is C16H25N3OS. The van der Waals surface area contributed by atoms with Crippen molar-refractivity contribution < 1.29 is 4.74 Å². The number of thiazole rings is 1. The highest BCUT2D eigenvalue weighted by molar-refractivity contribution is 7.15. The van der Waals surface area contributed by atoms with Gasteiger partial charge in [-0.15, -0.1) is 11.3 Å². The molecule has 3 unspecified atom stereocenters. The molecule has 2 aromatic rings. The van der Waals surface area contributed by atoms with Gasteiger partial charge < -0.3 is 10.1 Å². The van der Waals surface area contributed by atoms with E-state index in [-0.39, 0.29) is 0 Å². The van der Waals surface area contributed by atoms with Gasteiger partial charge in [-0.2, -0.15) is 0 Å². The van der Waals surface area contributed by atoms with Gasteiger partial charge in [-0.05, 0) is 25.8 Å². The van der Waals surface area contributed by atoms with E-state index in [4.69, 9.17) is 9.72 Å². The van der Waals surface area contributed by atoms with Crippen molar-refractivity contribution in [3.63, 3.8) is 0 Å². The molecule has 1 fully saturated rings. The fourth-order valence-electron chi connectivity index (χ4n) is 3.35. The molecule has 1 saturated heterocycles. The standard InChI is InChI=1S/C16H25N3OS/c1-3-6-17-14(13-5-8-20-15(13)4-2)10-12-11-19-7-9-21-16(19)18-12/h7,9,11,13-15,17H,3-6,8,10H2,1-2H3. The normalized spacial score (nSPS) is 23.9. The van der Waals surface area contributed by atoms with Crippen LogP contribution in [0, 0.1) is 5.92 Å². The van der Waals surface area contributed by atoms with Crippen LogP contribution in [0.4, 0.5) is 0 Å². The van der Waals surface area contributed by atoms with Gasteiger partial charge in [0.1, 0.15) is 0 Å². The molecule has 1 N–H and O–H groups in total. The van der Waals surface area contributed by atoms with Crippen molar-refractivity contribution in [1.29, 1.82) is 0 Å². The van der Waals surface area contributed by atoms with Gasteiger partial charge in [0, 0.05) is 42.8 Å². The van der Waals surface area contributed by atoms with Crippen molar-refractivity contribution in [2.24, 2.45) is 5.92 Å². The van der Waals surface area contributed by atoms with Crippen molar-refractivity contribution in [2.75, 3.05) is 13.2 Å². The van der Waals surface area contributed by atoms with E-state index < -0.39 is 0 Å². The van der Waals surface area contributed by atoms with Crippen molar-refractivity contribution >= 4 is 16.3 Å². The first-order valence-electron chi connectivity index (χ1n) is 8.07. The Hall–Kier alpha value is -0.910. The lowest BCUT2D eigenvalue weighted by atomic mass is 9.88. The molecule has 0 amide bonds. The van der Waals surface area contributed by atoms with Crippen molar-refractivity contribution in [3.05, 3.63) is 23.5 Å². The van der Waals surface area contributed by atoms with E-state index in [0.717, 1.165) is 31.0 Å². The maximum absolute atomic E-state index is 5.89. The van der Waals surface area contributed by atoms with Crippen LogP contribution in [0.2, 0.25) is 0 Å². The Balaban J connectivity index is 1.73. The number of hydrogen-bond donors (Lipinski definition) is 1. The lowest BCUT2D eigenvalue weighted by molar-refractivity contribution is 0.0774. The van der Waals surface area contributed by atoms with E-state index in [1.165, 1.54) is 18.5 Å². The Morgan fingerprint density at radius 1 is 1.52 bits per heavy atom. The van der Waals surface area contributed by atoms with E-state index in [1.807, 2.05) is 0 Å². The van der Waals surface area contributed by atoms with E-state index in [1.54, 1.807) is 11.3 Å². The average molecular weight is 307 g/mol. The Labute approximate surface area is 130 Å². The molecule has 3 rings (SSSR count). The number of fused-ring (bicyclic) bond motifs is 1. The second kappa shape index (κ2) is 6.90. The molecular weight excluding hydrogens is 282 g/mol. The van der Waals surface area contributed by atoms with Gasteiger partial charge in [0.15, 0.2) is 4.96 Å². The minimum Gasteiger partial charge on any atom is -0.378 e. The van der Waals surface area contributed by atoms with Gasteiger partial charge in [-0.25, -0.2) is 4.98 Å². The first kappa shape index (κ1) is 15.0. The summed E-state index contributed by atoms with van der Waals surface area (Å²) in [7, 11) is 0. The van der Waals surface area contributed by atoms with Crippen LogP contribution < -0.4 is 5.32 Å². The minimum atomic E-state index is 0.406. The van der Waals surface area contributed by atoms with Crippen molar-refractivity contribution in [1.82, 2.24) is 14.7 Å². The zero-order chi connectivity index (χ0) is 14.7. The van der Waals surface area contributed by atoms with E-state index >= 15 is 0 Å². The Bertz CT molecular complexity index is 536. The highest BCUT2D eigenvalue weighted by Crippen LogP contribution is 2.28. The number of nitrogens with one attached hydrogen (secondary N) is 1. The molecule has 5 heteroatoms. The van der Waals surface area contributed by atoms with Crippen molar-refractivity contribution in [3.8, 4) is 0 Å². The molecule has 3 atom stereocenters. The molecule has 2 aromatic heterocycles. The second-order valence-electron chi connectivity index (χ2n) is 5.86. The summed E-state index contributed by atoms with van der Waals surface area (Å²) in [6.07, 6.45) is 9.10. The summed E-state index contributed by atoms with van der Waals surface area (Å²) in [5.74, 6) is 0.612. The number of ether oxygens (including phenoxy) is 1. The largest absolute Gasteiger partial charge is 0.378 e. The van der Waals surface area contributed by atoms with Crippen LogP contribution in [-0.2, 0) is 11.2 Å². The monoisotopic (exact) mass is 307 g/mol. The molecule has 3 heterocycles. The third kappa shape index (κ3) is 3.30. The Morgan fingerprint density at radius 3 is 3.19 bits per heavy atom. The smallest absolute Gasteiger partial charge is 0.193 e. The first-order valence-corrected chi connectivity index (χ1v) is 8.95. The Morgan fingerprint density at radius 2 is 2.43 bits per heavy atom. The van der Waals surface area contributed by atoms with Gasteiger partial charge >= 0.3 is 0 Å². The predicted molar refractivity (Wildman–Crippen MR) is 87.0 cm³/mol. The second-order valence-corrected chi connectivity index (χ2v) is 6.73. The summed E-state index contributed by atoms with van der Waals surface area (Å²) in [5, 5.41) is 5.82. The van der Waals surface area contributed by atoms with Crippen molar-refractivity contribution in [2.45, 2.75) is 51.7 Å². The number of nitrogens with zero attached hydrogens (tertiary/aromatic N) is 2. The summed E-state index contributed by atoms with van der Waals surface area (Å²) in [6, 6.07) is 0.474. The molecule has 0 aromatic carbocycles. The first-order chi connectivity index (χ1) is 10.3. The molecule has 116 valence electrons.